The highest BCUT2D eigenvalue weighted by Gasteiger charge is 2.29. The first-order chi connectivity index (χ1) is 62.7. The third-order valence-electron chi connectivity index (χ3n) is 28.8. The molecule has 0 saturated heterocycles. The van der Waals surface area contributed by atoms with Gasteiger partial charge in [-0.05, 0) is 158 Å². The molecule has 7 rings (SSSR count). The molecule has 0 aromatic heterocycles. The van der Waals surface area contributed by atoms with Crippen LogP contribution in [-0.4, -0.2) is 44.2 Å². The van der Waals surface area contributed by atoms with E-state index in [0.717, 1.165) is 51.4 Å². The number of benzene rings is 7. The monoisotopic (exact) mass is 1880 g/mol. The average Bonchev–Trinajstić information content (AvgIpc) is 0.692. The number of hydrogen-bond acceptors (Lipinski definition) is 4. The van der Waals surface area contributed by atoms with Gasteiger partial charge in [-0.15, -0.1) is 0 Å². The Morgan fingerprint density at radius 3 is 0.633 bits per heavy atom. The van der Waals surface area contributed by atoms with Gasteiger partial charge in [0.2, 0.25) is 11.8 Å². The first kappa shape index (κ1) is 110. The maximum Gasteiger partial charge on any atom is 0.336 e. The number of carbonyl (C=O) groups is 2. The summed E-state index contributed by atoms with van der Waals surface area (Å²) in [7, 11) is 0. The summed E-state index contributed by atoms with van der Waals surface area (Å²) in [5, 5.41) is 52.5. The Balaban J connectivity index is 1.15. The van der Waals surface area contributed by atoms with Crippen LogP contribution < -0.4 is 0 Å². The molecule has 0 aliphatic rings. The first-order valence-electron chi connectivity index (χ1n) is 54.6. The van der Waals surface area contributed by atoms with Crippen LogP contribution in [0.2, 0.25) is 0 Å². The number of rotatable bonds is 82. The number of unbranched alkanes of at least 4 members (excludes halogenated alkanes) is 68. The highest BCUT2D eigenvalue weighted by Crippen LogP contribution is 2.50. The number of nitrogens with zero attached hydrogens (tertiary/aromatic N) is 2. The Bertz CT molecular complexity index is 4100. The second-order valence-electron chi connectivity index (χ2n) is 39.7. The van der Waals surface area contributed by atoms with Crippen LogP contribution in [0, 0.1) is 13.8 Å². The van der Waals surface area contributed by atoms with Gasteiger partial charge in [-0.25, -0.2) is 19.6 Å². The normalized spacial score (nSPS) is 12.2. The Morgan fingerprint density at radius 2 is 0.414 bits per heavy atom. The van der Waals surface area contributed by atoms with Crippen molar-refractivity contribution in [3.05, 3.63) is 125 Å². The Labute approximate surface area is 799 Å². The lowest BCUT2D eigenvalue weighted by Gasteiger charge is -2.21. The minimum Gasteiger partial charge on any atom is -0.493 e. The summed E-state index contributed by atoms with van der Waals surface area (Å²) in [6, 6.07) is 19.3. The molecule has 0 unspecified atom stereocenters. The van der Waals surface area contributed by atoms with E-state index in [9.17, 15) is 30.0 Å². The Kier molecular flexibility index (Phi) is 58.8. The maximum atomic E-state index is 13.3. The molecule has 7 aromatic carbocycles. The predicted octanol–water partition coefficient (Wildman–Crippen LogP) is 40.9. The van der Waals surface area contributed by atoms with Gasteiger partial charge in [0.15, 0.2) is 0 Å². The number of carboxylic acids is 2. The molecule has 0 spiro atoms. The molecule has 716 valence electrons. The van der Waals surface area contributed by atoms with Gasteiger partial charge in [0.25, 0.3) is 0 Å². The SMILES string of the molecule is CCCCCCCCCCCCCCCCCCCCc1cc(N=C(O)c2ccc3c4c(Br)cc(C(=O)O)c5c(C(=O)O)ccc(c6c(Br)cc(C(O)=Nc7cc(CCCCCCCCCCCCCCCCCCCC)c(C)c(CCCCCCCCCCCCCCCCCCCC)c7)c2c36)c54)cc(CCCCCCCCCCCCCCCCCCCC)c1C. The Hall–Kier alpha value is -5.32. The minimum atomic E-state index is -1.23. The molecular formula is C118H184Br2N2O6. The number of fused-ring (bicyclic) bond motifs is 2. The van der Waals surface area contributed by atoms with Crippen molar-refractivity contribution in [2.75, 3.05) is 0 Å². The van der Waals surface area contributed by atoms with E-state index in [-0.39, 0.29) is 28.3 Å². The van der Waals surface area contributed by atoms with E-state index in [0.29, 0.717) is 69.2 Å². The van der Waals surface area contributed by atoms with Gasteiger partial charge in [0, 0.05) is 52.4 Å². The van der Waals surface area contributed by atoms with Gasteiger partial charge in [0.1, 0.15) is 0 Å². The fourth-order valence-corrected chi connectivity index (χ4v) is 22.0. The molecule has 0 amide bonds. The summed E-state index contributed by atoms with van der Waals surface area (Å²) >= 11 is 7.88. The van der Waals surface area contributed by atoms with Crippen molar-refractivity contribution < 1.29 is 30.0 Å². The zero-order chi connectivity index (χ0) is 91.2. The second kappa shape index (κ2) is 68.6. The van der Waals surface area contributed by atoms with Crippen molar-refractivity contribution >= 4 is 110 Å². The number of carboxylic acid groups (broad SMARTS) is 2. The molecule has 128 heavy (non-hydrogen) atoms. The minimum absolute atomic E-state index is 0.108. The number of aryl methyl sites for hydroxylation is 4. The number of aliphatic hydroxyl groups is 2. The van der Waals surface area contributed by atoms with E-state index < -0.39 is 11.9 Å². The van der Waals surface area contributed by atoms with Gasteiger partial charge >= 0.3 is 11.9 Å². The summed E-state index contributed by atoms with van der Waals surface area (Å²) in [6.07, 6.45) is 100. The van der Waals surface area contributed by atoms with Gasteiger partial charge in [-0.2, -0.15) is 0 Å². The van der Waals surface area contributed by atoms with Gasteiger partial charge in [0.05, 0.1) is 22.5 Å². The molecule has 0 atom stereocenters. The molecule has 0 saturated carbocycles. The number of hydrogen-bond donors (Lipinski definition) is 4. The van der Waals surface area contributed by atoms with Crippen LogP contribution in [-0.2, 0) is 25.7 Å². The van der Waals surface area contributed by atoms with Crippen LogP contribution in [0.3, 0.4) is 0 Å². The van der Waals surface area contributed by atoms with Crippen LogP contribution in [0.4, 0.5) is 11.4 Å². The standard InChI is InChI=1S/C118H184Br2N2O6/c1-7-11-15-19-23-27-31-35-39-43-47-51-55-59-63-67-71-75-79-95-87-99(88-96(93(95)5)80-76-72-68-64-60-56-52-48-44-40-36-32-28-24-20-16-12-8-2)121-115(123)103-85-83-101-112-108(120)92-106(118(127)128)110-104(117(125)126)86-84-102(114(110)112)111-107(119)91-105(109(103)113(101)111)116(124)122-100-89-97(81-77-73-69-65-61-57-53-49-45-41-37-33-29-25-21-17-13-9-3)94(6)98(90-100)82-78-74-70-66-62-58-54-50-46-42-38-34-30-26-22-18-14-10-4/h83-92H,7-82H2,1-6H3,(H,121,123)(H,122,124)(H,125,126)(H,127,128). The summed E-state index contributed by atoms with van der Waals surface area (Å²) in [5.74, 6) is -2.85. The second-order valence-corrected chi connectivity index (χ2v) is 41.4. The molecule has 0 fully saturated rings. The highest BCUT2D eigenvalue weighted by molar-refractivity contribution is 9.11. The van der Waals surface area contributed by atoms with Crippen molar-refractivity contribution in [3.63, 3.8) is 0 Å². The summed E-state index contributed by atoms with van der Waals surface area (Å²) in [4.78, 5) is 37.0. The number of aromatic carboxylic acids is 2. The molecule has 10 heteroatoms. The fraction of sp³-hybridized carbons (Fsp3) is 0.695. The Morgan fingerprint density at radius 1 is 0.227 bits per heavy atom. The quantitative estimate of drug-likeness (QED) is 0.00984. The molecule has 0 heterocycles. The number of aliphatic imine (C=N–C) groups is 2. The number of aliphatic hydroxyl groups excluding tert-OH is 2. The zero-order valence-electron chi connectivity index (χ0n) is 82.8. The molecule has 0 radical (unpaired) electrons. The van der Waals surface area contributed by atoms with Crippen LogP contribution in [0.15, 0.2) is 79.6 Å². The van der Waals surface area contributed by atoms with Crippen LogP contribution in [0.25, 0.3) is 43.1 Å². The molecule has 7 aromatic rings. The van der Waals surface area contributed by atoms with Crippen LogP contribution in [0.5, 0.6) is 0 Å². The summed E-state index contributed by atoms with van der Waals surface area (Å²) in [5.41, 5.74) is 9.79. The van der Waals surface area contributed by atoms with Crippen molar-refractivity contribution in [3.8, 4) is 0 Å². The van der Waals surface area contributed by atoms with E-state index in [1.807, 2.05) is 18.2 Å². The number of halogens is 2. The highest BCUT2D eigenvalue weighted by atomic mass is 79.9. The van der Waals surface area contributed by atoms with Crippen LogP contribution >= 0.6 is 31.9 Å². The van der Waals surface area contributed by atoms with Gasteiger partial charge in [-0.3, -0.25) is 0 Å². The maximum absolute atomic E-state index is 13.3. The van der Waals surface area contributed by atoms with E-state index >= 15 is 0 Å². The molecule has 0 aliphatic carbocycles. The van der Waals surface area contributed by atoms with Gasteiger partial charge < -0.3 is 20.4 Å². The van der Waals surface area contributed by atoms with Crippen molar-refractivity contribution in [1.29, 1.82) is 0 Å². The molecule has 4 N–H and O–H groups in total. The van der Waals surface area contributed by atoms with Crippen LogP contribution in [0.1, 0.15) is 555 Å². The summed E-state index contributed by atoms with van der Waals surface area (Å²) in [6.45, 7) is 13.8. The fourth-order valence-electron chi connectivity index (χ4n) is 20.8. The van der Waals surface area contributed by atoms with Crippen molar-refractivity contribution in [2.24, 2.45) is 9.98 Å². The topological polar surface area (TPSA) is 140 Å². The lowest BCUT2D eigenvalue weighted by molar-refractivity contribution is 0.0695. The van der Waals surface area contributed by atoms with Gasteiger partial charge in [-0.1, -0.05) is 508 Å². The molecule has 8 nitrogen and oxygen atoms in total. The molecule has 0 aliphatic heterocycles. The van der Waals surface area contributed by atoms with E-state index in [2.05, 4.69) is 97.7 Å². The largest absolute Gasteiger partial charge is 0.493 e. The van der Waals surface area contributed by atoms with E-state index in [4.69, 9.17) is 9.98 Å². The molecular weight excluding hydrogens is 1700 g/mol. The van der Waals surface area contributed by atoms with E-state index in [1.54, 1.807) is 6.07 Å². The third kappa shape index (κ3) is 41.3. The lowest BCUT2D eigenvalue weighted by Crippen LogP contribution is -2.09. The average molecular weight is 1890 g/mol. The first-order valence-corrected chi connectivity index (χ1v) is 56.2. The zero-order valence-corrected chi connectivity index (χ0v) is 85.9. The lowest BCUT2D eigenvalue weighted by atomic mass is 9.84. The van der Waals surface area contributed by atoms with Crippen molar-refractivity contribution in [1.82, 2.24) is 0 Å². The van der Waals surface area contributed by atoms with Crippen molar-refractivity contribution in [2.45, 2.75) is 530 Å². The smallest absolute Gasteiger partial charge is 0.336 e. The third-order valence-corrected chi connectivity index (χ3v) is 30.1. The summed E-state index contributed by atoms with van der Waals surface area (Å²) < 4.78 is 1.08. The molecule has 0 bridgehead atoms. The van der Waals surface area contributed by atoms with E-state index in [1.165, 1.54) is 482 Å². The predicted molar refractivity (Wildman–Crippen MR) is 567 cm³/mol.